The number of nitrogens with zero attached hydrogens (tertiary/aromatic N) is 2. The van der Waals surface area contributed by atoms with Crippen LogP contribution in [0.1, 0.15) is 83.1 Å². The third kappa shape index (κ3) is 34.5. The molecule has 0 radical (unpaired) electrons. The third-order valence-corrected chi connectivity index (χ3v) is 6.96. The molecular weight excluding hydrogens is 519 g/mol. The molecule has 0 unspecified atom stereocenters. The van der Waals surface area contributed by atoms with Crippen LogP contribution < -0.4 is 0 Å². The zero-order chi connectivity index (χ0) is 21.8. The van der Waals surface area contributed by atoms with Gasteiger partial charge in [0.15, 0.2) is 0 Å². The molecule has 0 aromatic carbocycles. The minimum absolute atomic E-state index is 0. The Balaban J connectivity index is -0.000000120. The maximum absolute atomic E-state index is 5.97. The molecule has 0 bridgehead atoms. The Morgan fingerprint density at radius 2 is 0.655 bits per heavy atom. The second-order valence-corrected chi connectivity index (χ2v) is 18.5. The molecule has 0 saturated heterocycles. The molecule has 0 fully saturated rings. The molecule has 0 heterocycles. The van der Waals surface area contributed by atoms with Crippen LogP contribution in [-0.4, -0.2) is 39.2 Å². The van der Waals surface area contributed by atoms with Gasteiger partial charge < -0.3 is 18.8 Å². The zero-order valence-electron chi connectivity index (χ0n) is 22.0. The molecule has 9 heteroatoms. The summed E-state index contributed by atoms with van der Waals surface area (Å²) in [6.45, 7) is 33.8. The molecule has 0 aromatic heterocycles. The SMILES string of the molecule is CC(C)(C)[N-][Si](C)(C)OC(C)(C)C.CC(C)(C)[N-][Si](C)(C)OC(C)(C)C.Cl.Cl.[Zr+2]. The Morgan fingerprint density at radius 3 is 0.759 bits per heavy atom. The molecule has 0 spiro atoms. The van der Waals surface area contributed by atoms with Crippen molar-refractivity contribution >= 4 is 41.8 Å². The van der Waals surface area contributed by atoms with Crippen molar-refractivity contribution in [2.75, 3.05) is 0 Å². The molecule has 0 aliphatic heterocycles. The van der Waals surface area contributed by atoms with Crippen LogP contribution in [0, 0.1) is 0 Å². The molecule has 0 aliphatic rings. The van der Waals surface area contributed by atoms with Crippen molar-refractivity contribution in [2.45, 2.75) is 132 Å². The van der Waals surface area contributed by atoms with E-state index in [0.717, 1.165) is 0 Å². The van der Waals surface area contributed by atoms with Gasteiger partial charge >= 0.3 is 26.2 Å². The third-order valence-electron chi connectivity index (χ3n) is 2.32. The van der Waals surface area contributed by atoms with Crippen LogP contribution in [0.5, 0.6) is 0 Å². The maximum atomic E-state index is 5.97. The van der Waals surface area contributed by atoms with Crippen LogP contribution >= 0.6 is 24.8 Å². The standard InChI is InChI=1S/2C10H24NOSi.2ClH.Zr/c2*1-9(2,3)11-13(7,8)12-10(4,5)6;;;/h2*1-8H3;2*1H;/q2*-1;;;+2. The Hall–Kier alpha value is 1.74. The first kappa shape index (κ1) is 41.0. The maximum Gasteiger partial charge on any atom is 2.00 e. The monoisotopic (exact) mass is 566 g/mol. The second-order valence-electron chi connectivity index (χ2n) is 11.9. The van der Waals surface area contributed by atoms with E-state index in [0.29, 0.717) is 0 Å². The summed E-state index contributed by atoms with van der Waals surface area (Å²) in [5.74, 6) is 0. The first-order valence-corrected chi connectivity index (χ1v) is 15.4. The predicted octanol–water partition coefficient (Wildman–Crippen LogP) is 8.19. The normalized spacial score (nSPS) is 13.2. The van der Waals surface area contributed by atoms with Crippen LogP contribution in [0.2, 0.25) is 26.2 Å². The molecule has 0 saturated carbocycles. The fraction of sp³-hybridized carbons (Fsp3) is 1.00. The van der Waals surface area contributed by atoms with Gasteiger partial charge in [-0.25, -0.2) is 0 Å². The van der Waals surface area contributed by atoms with E-state index in [9.17, 15) is 0 Å². The topological polar surface area (TPSA) is 46.7 Å². The van der Waals surface area contributed by atoms with Crippen molar-refractivity contribution in [1.82, 2.24) is 0 Å². The first-order valence-electron chi connectivity index (χ1n) is 9.71. The summed E-state index contributed by atoms with van der Waals surface area (Å²) in [6.07, 6.45) is 0. The van der Waals surface area contributed by atoms with Crippen molar-refractivity contribution in [3.05, 3.63) is 9.96 Å². The number of hydrogen-bond acceptors (Lipinski definition) is 2. The molecular formula is C20H50Cl2N2O2Si2Zr. The predicted molar refractivity (Wildman–Crippen MR) is 137 cm³/mol. The average Bonchev–Trinajstić information content (AvgIpc) is 1.97. The molecule has 4 nitrogen and oxygen atoms in total. The molecule has 29 heavy (non-hydrogen) atoms. The molecule has 0 amide bonds. The first-order chi connectivity index (χ1) is 10.8. The van der Waals surface area contributed by atoms with Crippen LogP contribution in [0.25, 0.3) is 9.96 Å². The Kier molecular flexibility index (Phi) is 19.9. The molecule has 0 rings (SSSR count). The largest absolute Gasteiger partial charge is 2.00 e. The van der Waals surface area contributed by atoms with Gasteiger partial charge in [0.2, 0.25) is 0 Å². The van der Waals surface area contributed by atoms with E-state index < -0.39 is 17.0 Å². The average molecular weight is 569 g/mol. The molecule has 0 aromatic rings. The van der Waals surface area contributed by atoms with Gasteiger partial charge in [-0.15, -0.1) is 35.9 Å². The second kappa shape index (κ2) is 14.1. The van der Waals surface area contributed by atoms with E-state index >= 15 is 0 Å². The molecule has 0 N–H and O–H groups in total. The summed E-state index contributed by atoms with van der Waals surface area (Å²) in [5.41, 5.74) is -0.128. The Labute approximate surface area is 217 Å². The molecule has 178 valence electrons. The minimum Gasteiger partial charge on any atom is -0.637 e. The van der Waals surface area contributed by atoms with E-state index in [1.54, 1.807) is 0 Å². The van der Waals surface area contributed by atoms with Gasteiger partial charge in [-0.1, -0.05) is 67.7 Å². The van der Waals surface area contributed by atoms with Crippen LogP contribution in [0.15, 0.2) is 0 Å². The summed E-state index contributed by atoms with van der Waals surface area (Å²) in [7, 11) is -3.70. The fourth-order valence-corrected chi connectivity index (χ4v) is 9.48. The van der Waals surface area contributed by atoms with Gasteiger partial charge in [0.05, 0.1) is 17.0 Å². The van der Waals surface area contributed by atoms with Gasteiger partial charge in [0.25, 0.3) is 0 Å². The summed E-state index contributed by atoms with van der Waals surface area (Å²) < 4.78 is 11.9. The van der Waals surface area contributed by atoms with Crippen molar-refractivity contribution in [1.29, 1.82) is 0 Å². The van der Waals surface area contributed by atoms with Crippen LogP contribution in [0.3, 0.4) is 0 Å². The van der Waals surface area contributed by atoms with E-state index in [-0.39, 0.29) is 73.3 Å². The smallest absolute Gasteiger partial charge is 0.637 e. The quantitative estimate of drug-likeness (QED) is 0.321. The summed E-state index contributed by atoms with van der Waals surface area (Å²) in [6, 6.07) is 0. The van der Waals surface area contributed by atoms with E-state index in [1.807, 2.05) is 0 Å². The number of hydrogen-bond donors (Lipinski definition) is 0. The number of rotatable bonds is 4. The number of halogens is 2. The minimum atomic E-state index is -1.85. The summed E-state index contributed by atoms with van der Waals surface area (Å²) in [4.78, 5) is 9.49. The zero-order valence-corrected chi connectivity index (χ0v) is 28.1. The molecule has 0 atom stereocenters. The van der Waals surface area contributed by atoms with Crippen molar-refractivity contribution < 1.29 is 35.1 Å². The fourth-order valence-electron chi connectivity index (χ4n) is 3.16. The Bertz CT molecular complexity index is 350. The van der Waals surface area contributed by atoms with Gasteiger partial charge in [-0.05, 0) is 41.5 Å². The summed E-state index contributed by atoms with van der Waals surface area (Å²) >= 11 is 0. The van der Waals surface area contributed by atoms with Gasteiger partial charge in [0.1, 0.15) is 0 Å². The van der Waals surface area contributed by atoms with Crippen molar-refractivity contribution in [2.24, 2.45) is 0 Å². The van der Waals surface area contributed by atoms with E-state index in [1.165, 1.54) is 0 Å². The van der Waals surface area contributed by atoms with Crippen molar-refractivity contribution in [3.8, 4) is 0 Å². The van der Waals surface area contributed by atoms with Crippen LogP contribution in [-0.2, 0) is 35.1 Å². The van der Waals surface area contributed by atoms with Crippen LogP contribution in [0.4, 0.5) is 0 Å². The van der Waals surface area contributed by atoms with Gasteiger partial charge in [-0.2, -0.15) is 0 Å². The Morgan fingerprint density at radius 1 is 0.483 bits per heavy atom. The van der Waals surface area contributed by atoms with E-state index in [2.05, 4.69) is 109 Å². The summed E-state index contributed by atoms with van der Waals surface area (Å²) in [5, 5.41) is 0. The molecule has 0 aliphatic carbocycles. The van der Waals surface area contributed by atoms with Crippen molar-refractivity contribution in [3.63, 3.8) is 0 Å². The van der Waals surface area contributed by atoms with E-state index in [4.69, 9.17) is 18.8 Å². The van der Waals surface area contributed by atoms with Gasteiger partial charge in [-0.3, -0.25) is 0 Å². The van der Waals surface area contributed by atoms with Gasteiger partial charge in [0, 0.05) is 11.2 Å².